The van der Waals surface area contributed by atoms with E-state index in [-0.39, 0.29) is 5.41 Å². The number of nitrogens with zero attached hydrogens (tertiary/aromatic N) is 2. The lowest BCUT2D eigenvalue weighted by atomic mass is 9.70. The van der Waals surface area contributed by atoms with Crippen molar-refractivity contribution in [1.29, 1.82) is 0 Å². The van der Waals surface area contributed by atoms with Crippen molar-refractivity contribution in [2.24, 2.45) is 0 Å². The highest BCUT2D eigenvalue weighted by atomic mass is 32.1. The van der Waals surface area contributed by atoms with Crippen LogP contribution in [0.15, 0.2) is 218 Å². The van der Waals surface area contributed by atoms with E-state index in [0.29, 0.717) is 0 Å². The molecular formula is C62H36N2S. The van der Waals surface area contributed by atoms with Gasteiger partial charge in [-0.2, -0.15) is 0 Å². The summed E-state index contributed by atoms with van der Waals surface area (Å²) in [6, 6.07) is 81.2. The Balaban J connectivity index is 0.999. The molecule has 2 aliphatic carbocycles. The molecule has 0 N–H and O–H groups in total. The second-order valence-corrected chi connectivity index (χ2v) is 18.7. The van der Waals surface area contributed by atoms with Crippen molar-refractivity contribution in [3.05, 3.63) is 241 Å². The lowest BCUT2D eigenvalue weighted by Gasteiger charge is -2.30. The lowest BCUT2D eigenvalue weighted by molar-refractivity contribution is 0.794. The number of fused-ring (bicyclic) bond motifs is 20. The van der Waals surface area contributed by atoms with E-state index in [9.17, 15) is 0 Å². The molecule has 300 valence electrons. The molecule has 0 saturated carbocycles. The number of para-hydroxylation sites is 2. The molecule has 13 aromatic rings. The van der Waals surface area contributed by atoms with Gasteiger partial charge in [-0.05, 0) is 98.1 Å². The largest absolute Gasteiger partial charge is 0.308 e. The maximum atomic E-state index is 5.42. The Hall–Kier alpha value is -8.11. The zero-order chi connectivity index (χ0) is 42.4. The molecule has 0 atom stereocenters. The number of rotatable bonds is 3. The summed E-state index contributed by atoms with van der Waals surface area (Å²) in [5, 5.41) is 8.65. The van der Waals surface area contributed by atoms with E-state index < -0.39 is 0 Å². The van der Waals surface area contributed by atoms with Crippen molar-refractivity contribution in [3.8, 4) is 50.3 Å². The van der Waals surface area contributed by atoms with Gasteiger partial charge in [0, 0.05) is 48.0 Å². The summed E-state index contributed by atoms with van der Waals surface area (Å²) >= 11 is 1.89. The molecular weight excluding hydrogens is 805 g/mol. The molecule has 65 heavy (non-hydrogen) atoms. The molecule has 0 radical (unpaired) electrons. The van der Waals surface area contributed by atoms with Crippen LogP contribution in [-0.2, 0) is 5.41 Å². The van der Waals surface area contributed by atoms with Gasteiger partial charge in [0.25, 0.3) is 0 Å². The zero-order valence-corrected chi connectivity index (χ0v) is 35.9. The highest BCUT2D eigenvalue weighted by Gasteiger charge is 2.51. The second-order valence-electron chi connectivity index (χ2n) is 17.7. The van der Waals surface area contributed by atoms with Crippen LogP contribution in [-0.4, -0.2) is 9.55 Å². The molecule has 0 aliphatic heterocycles. The van der Waals surface area contributed by atoms with Gasteiger partial charge in [-0.15, -0.1) is 11.3 Å². The Morgan fingerprint density at radius 3 is 1.69 bits per heavy atom. The van der Waals surface area contributed by atoms with Gasteiger partial charge in [-0.1, -0.05) is 176 Å². The van der Waals surface area contributed by atoms with Crippen molar-refractivity contribution in [3.63, 3.8) is 0 Å². The molecule has 3 heterocycles. The quantitative estimate of drug-likeness (QED) is 0.162. The van der Waals surface area contributed by atoms with Crippen molar-refractivity contribution in [2.75, 3.05) is 0 Å². The van der Waals surface area contributed by atoms with Gasteiger partial charge in [0.2, 0.25) is 0 Å². The SMILES string of the molecule is c1ccc(-c2nc3ccccc3c3c2cc(-n2c4ccccc4c4cc(-c5ccc6c(c5)C5(c7ccccc7-c7ccccc75)c5ccccc5-6)ccc42)c2sc4ccccc4c23)cc1. The van der Waals surface area contributed by atoms with Crippen LogP contribution in [0.4, 0.5) is 0 Å². The first kappa shape index (κ1) is 35.4. The Bertz CT molecular complexity index is 4130. The summed E-state index contributed by atoms with van der Waals surface area (Å²) < 4.78 is 5.09. The predicted molar refractivity (Wildman–Crippen MR) is 274 cm³/mol. The van der Waals surface area contributed by atoms with Crippen LogP contribution < -0.4 is 0 Å². The molecule has 0 bridgehead atoms. The van der Waals surface area contributed by atoms with Gasteiger partial charge in [-0.25, -0.2) is 4.98 Å². The van der Waals surface area contributed by atoms with Gasteiger partial charge in [0.1, 0.15) is 0 Å². The molecule has 0 saturated heterocycles. The van der Waals surface area contributed by atoms with Crippen molar-refractivity contribution in [2.45, 2.75) is 5.41 Å². The average Bonchev–Trinajstić information content (AvgIpc) is 4.10. The van der Waals surface area contributed by atoms with Crippen LogP contribution in [0.25, 0.3) is 114 Å². The van der Waals surface area contributed by atoms with Crippen LogP contribution in [0, 0.1) is 0 Å². The van der Waals surface area contributed by atoms with Gasteiger partial charge < -0.3 is 4.57 Å². The lowest BCUT2D eigenvalue weighted by Crippen LogP contribution is -2.25. The summed E-state index contributed by atoms with van der Waals surface area (Å²) in [4.78, 5) is 5.42. The van der Waals surface area contributed by atoms with E-state index in [1.807, 2.05) is 11.3 Å². The molecule has 0 fully saturated rings. The first-order chi connectivity index (χ1) is 32.3. The molecule has 3 aromatic heterocycles. The van der Waals surface area contributed by atoms with Gasteiger partial charge in [0.15, 0.2) is 0 Å². The van der Waals surface area contributed by atoms with E-state index in [0.717, 1.165) is 22.2 Å². The predicted octanol–water partition coefficient (Wildman–Crippen LogP) is 16.5. The van der Waals surface area contributed by atoms with Crippen molar-refractivity contribution >= 4 is 75.0 Å². The van der Waals surface area contributed by atoms with Crippen LogP contribution in [0.5, 0.6) is 0 Å². The molecule has 2 nitrogen and oxygen atoms in total. The third kappa shape index (κ3) is 4.60. The minimum Gasteiger partial charge on any atom is -0.308 e. The number of thiophene rings is 1. The highest BCUT2D eigenvalue weighted by molar-refractivity contribution is 7.26. The van der Waals surface area contributed by atoms with E-state index in [1.54, 1.807) is 0 Å². The molecule has 2 aliphatic rings. The topological polar surface area (TPSA) is 17.8 Å². The number of benzene rings is 10. The Labute approximate surface area is 378 Å². The second kappa shape index (κ2) is 13.0. The third-order valence-electron chi connectivity index (χ3n) is 14.6. The first-order valence-electron chi connectivity index (χ1n) is 22.5. The van der Waals surface area contributed by atoms with Crippen LogP contribution in [0.2, 0.25) is 0 Å². The average molecular weight is 841 g/mol. The fourth-order valence-electron chi connectivity index (χ4n) is 12.0. The number of hydrogen-bond donors (Lipinski definition) is 0. The summed E-state index contributed by atoms with van der Waals surface area (Å²) in [6.45, 7) is 0. The Morgan fingerprint density at radius 2 is 0.938 bits per heavy atom. The number of hydrogen-bond acceptors (Lipinski definition) is 2. The summed E-state index contributed by atoms with van der Waals surface area (Å²) in [5.74, 6) is 0. The first-order valence-corrected chi connectivity index (χ1v) is 23.3. The standard InChI is InChI=1S/C62H36N2S/c1-2-16-37(17-3-1)60-48-36-56(61-59(46-23-9-15-29-57(46)65-61)58(48)45-22-7-13-27-53(45)63-60)64-54-28-14-8-21-44(54)47-34-38(31-33-55(47)64)39-30-32-43-42-20-6-12-26-51(42)62(52(43)35-39)49-24-10-4-18-40(49)41-19-5-11-25-50(41)62/h1-36H. The van der Waals surface area contributed by atoms with E-state index in [2.05, 4.69) is 223 Å². The van der Waals surface area contributed by atoms with E-state index in [1.165, 1.54) is 114 Å². The zero-order valence-electron chi connectivity index (χ0n) is 35.1. The molecule has 10 aromatic carbocycles. The fourth-order valence-corrected chi connectivity index (χ4v) is 13.2. The normalized spacial score (nSPS) is 13.4. The fraction of sp³-hybridized carbons (Fsp3) is 0.0161. The molecule has 15 rings (SSSR count). The van der Waals surface area contributed by atoms with Crippen molar-refractivity contribution < 1.29 is 0 Å². The summed E-state index contributed by atoms with van der Waals surface area (Å²) in [7, 11) is 0. The van der Waals surface area contributed by atoms with Gasteiger partial charge >= 0.3 is 0 Å². The smallest absolute Gasteiger partial charge is 0.0789 e. The van der Waals surface area contributed by atoms with E-state index in [4.69, 9.17) is 4.98 Å². The van der Waals surface area contributed by atoms with Gasteiger partial charge in [0.05, 0.1) is 38.0 Å². The highest BCUT2D eigenvalue weighted by Crippen LogP contribution is 2.63. The third-order valence-corrected chi connectivity index (χ3v) is 15.8. The molecule has 0 amide bonds. The summed E-state index contributed by atoms with van der Waals surface area (Å²) in [6.07, 6.45) is 0. The molecule has 0 unspecified atom stereocenters. The van der Waals surface area contributed by atoms with Gasteiger partial charge in [-0.3, -0.25) is 0 Å². The minimum atomic E-state index is -0.389. The molecule has 1 spiro atoms. The Kier molecular flexibility index (Phi) is 7.06. The Morgan fingerprint density at radius 1 is 0.369 bits per heavy atom. The monoisotopic (exact) mass is 840 g/mol. The number of pyridine rings is 1. The maximum absolute atomic E-state index is 5.42. The summed E-state index contributed by atoms with van der Waals surface area (Å²) in [5.41, 5.74) is 19.5. The van der Waals surface area contributed by atoms with Crippen LogP contribution in [0.3, 0.4) is 0 Å². The molecule has 3 heteroatoms. The van der Waals surface area contributed by atoms with E-state index >= 15 is 0 Å². The van der Waals surface area contributed by atoms with Crippen LogP contribution in [0.1, 0.15) is 22.3 Å². The maximum Gasteiger partial charge on any atom is 0.0789 e. The van der Waals surface area contributed by atoms with Crippen molar-refractivity contribution in [1.82, 2.24) is 9.55 Å². The van der Waals surface area contributed by atoms with Crippen LogP contribution >= 0.6 is 11.3 Å². The number of aromatic nitrogens is 2. The minimum absolute atomic E-state index is 0.389.